The van der Waals surface area contributed by atoms with Crippen LogP contribution in [0.3, 0.4) is 0 Å². The van der Waals surface area contributed by atoms with Crippen molar-refractivity contribution in [3.63, 3.8) is 0 Å². The molecule has 24 heavy (non-hydrogen) atoms. The van der Waals surface area contributed by atoms with Crippen molar-refractivity contribution in [1.29, 1.82) is 0 Å². The van der Waals surface area contributed by atoms with Crippen LogP contribution in [0, 0.1) is 12.8 Å². The molecule has 1 aliphatic heterocycles. The number of likely N-dealkylation sites (tertiary alicyclic amines) is 1. The summed E-state index contributed by atoms with van der Waals surface area (Å²) in [7, 11) is 0. The summed E-state index contributed by atoms with van der Waals surface area (Å²) in [6.45, 7) is 2.86. The van der Waals surface area contributed by atoms with Crippen molar-refractivity contribution >= 4 is 29.0 Å². The molecule has 7 heteroatoms. The lowest BCUT2D eigenvalue weighted by atomic mass is 9.97. The fourth-order valence-electron chi connectivity index (χ4n) is 2.83. The van der Waals surface area contributed by atoms with Crippen LogP contribution in [0.5, 0.6) is 0 Å². The normalized spacial score (nSPS) is 15.3. The number of benzene rings is 1. The van der Waals surface area contributed by atoms with E-state index in [1.54, 1.807) is 16.2 Å². The number of thiazole rings is 1. The van der Waals surface area contributed by atoms with Gasteiger partial charge in [0, 0.05) is 24.0 Å². The van der Waals surface area contributed by atoms with E-state index in [-0.39, 0.29) is 11.9 Å². The summed E-state index contributed by atoms with van der Waals surface area (Å²) in [6.07, 6.45) is 0.991. The second kappa shape index (κ2) is 7.00. The first-order chi connectivity index (χ1) is 11.5. The van der Waals surface area contributed by atoms with Gasteiger partial charge in [0.15, 0.2) is 0 Å². The van der Waals surface area contributed by atoms with Crippen molar-refractivity contribution in [2.24, 2.45) is 5.92 Å². The van der Waals surface area contributed by atoms with E-state index in [2.05, 4.69) is 10.3 Å². The second-order valence-electron chi connectivity index (χ2n) is 5.83. The van der Waals surface area contributed by atoms with Gasteiger partial charge in [-0.15, -0.1) is 11.3 Å². The van der Waals surface area contributed by atoms with Gasteiger partial charge < -0.3 is 15.3 Å². The number of hydrogen-bond donors (Lipinski definition) is 2. The lowest BCUT2D eigenvalue weighted by molar-refractivity contribution is -0.143. The molecular weight excluding hydrogens is 326 g/mol. The zero-order chi connectivity index (χ0) is 17.1. The number of aromatic nitrogens is 1. The Bertz CT molecular complexity index is 751. The van der Waals surface area contributed by atoms with E-state index < -0.39 is 5.97 Å². The van der Waals surface area contributed by atoms with E-state index in [9.17, 15) is 9.59 Å². The topological polar surface area (TPSA) is 82.5 Å². The van der Waals surface area contributed by atoms with Crippen LogP contribution in [-0.4, -0.2) is 40.1 Å². The lowest BCUT2D eigenvalue weighted by Crippen LogP contribution is -2.42. The predicted octanol–water partition coefficient (Wildman–Crippen LogP) is 3.45. The first-order valence-corrected chi connectivity index (χ1v) is 8.73. The van der Waals surface area contributed by atoms with Crippen LogP contribution in [-0.2, 0) is 4.79 Å². The smallest absolute Gasteiger partial charge is 0.321 e. The van der Waals surface area contributed by atoms with Crippen LogP contribution < -0.4 is 5.32 Å². The summed E-state index contributed by atoms with van der Waals surface area (Å²) >= 11 is 1.57. The number of carboxylic acids is 1. The minimum absolute atomic E-state index is 0.196. The molecule has 0 bridgehead atoms. The number of aliphatic carboxylic acids is 1. The number of nitrogens with one attached hydrogen (secondary N) is 1. The number of nitrogens with zero attached hydrogens (tertiary/aromatic N) is 2. The van der Waals surface area contributed by atoms with Crippen molar-refractivity contribution < 1.29 is 14.7 Å². The van der Waals surface area contributed by atoms with Gasteiger partial charge in [-0.2, -0.15) is 0 Å². The van der Waals surface area contributed by atoms with Gasteiger partial charge in [-0.05, 0) is 25.8 Å². The summed E-state index contributed by atoms with van der Waals surface area (Å²) in [4.78, 5) is 29.6. The zero-order valence-corrected chi connectivity index (χ0v) is 14.2. The molecule has 0 saturated carbocycles. The number of piperidine rings is 1. The molecular formula is C17H19N3O3S. The van der Waals surface area contributed by atoms with Gasteiger partial charge in [0.1, 0.15) is 0 Å². The number of carbonyl (C=O) groups excluding carboxylic acids is 1. The SMILES string of the molecule is Cc1nc(-c2ccccc2NC(=O)N2CCC(C(=O)O)CC2)cs1. The molecule has 1 aromatic carbocycles. The standard InChI is InChI=1S/C17H19N3O3S/c1-11-18-15(10-24-11)13-4-2-3-5-14(13)19-17(23)20-8-6-12(7-9-20)16(21)22/h2-5,10,12H,6-9H2,1H3,(H,19,23)(H,21,22). The van der Waals surface area contributed by atoms with Crippen molar-refractivity contribution in [1.82, 2.24) is 9.88 Å². The number of aryl methyl sites for hydroxylation is 1. The zero-order valence-electron chi connectivity index (χ0n) is 13.4. The number of para-hydroxylation sites is 1. The van der Waals surface area contributed by atoms with E-state index in [1.807, 2.05) is 36.6 Å². The number of amides is 2. The highest BCUT2D eigenvalue weighted by atomic mass is 32.1. The molecule has 2 aromatic rings. The number of rotatable bonds is 3. The summed E-state index contributed by atoms with van der Waals surface area (Å²) in [5.41, 5.74) is 2.45. The summed E-state index contributed by atoms with van der Waals surface area (Å²) in [5.74, 6) is -1.13. The van der Waals surface area contributed by atoms with Gasteiger partial charge in [0.25, 0.3) is 0 Å². The molecule has 1 aromatic heterocycles. The highest BCUT2D eigenvalue weighted by Crippen LogP contribution is 2.29. The van der Waals surface area contributed by atoms with E-state index in [0.717, 1.165) is 16.3 Å². The maximum Gasteiger partial charge on any atom is 0.321 e. The molecule has 2 N–H and O–H groups in total. The number of carboxylic acid groups (broad SMARTS) is 1. The quantitative estimate of drug-likeness (QED) is 0.892. The Balaban J connectivity index is 1.70. The highest BCUT2D eigenvalue weighted by molar-refractivity contribution is 7.09. The van der Waals surface area contributed by atoms with Crippen LogP contribution in [0.25, 0.3) is 11.3 Å². The molecule has 1 saturated heterocycles. The number of anilines is 1. The molecule has 3 rings (SSSR count). The molecule has 2 amide bonds. The summed E-state index contributed by atoms with van der Waals surface area (Å²) < 4.78 is 0. The van der Waals surface area contributed by atoms with E-state index in [4.69, 9.17) is 5.11 Å². The largest absolute Gasteiger partial charge is 0.481 e. The molecule has 0 unspecified atom stereocenters. The third-order valence-corrected chi connectivity index (χ3v) is 4.97. The number of hydrogen-bond acceptors (Lipinski definition) is 4. The molecule has 6 nitrogen and oxygen atoms in total. The molecule has 126 valence electrons. The Hall–Kier alpha value is -2.41. The van der Waals surface area contributed by atoms with E-state index in [0.29, 0.717) is 31.6 Å². The predicted molar refractivity (Wildman–Crippen MR) is 93.2 cm³/mol. The molecule has 0 radical (unpaired) electrons. The average molecular weight is 345 g/mol. The molecule has 1 fully saturated rings. The minimum atomic E-state index is -0.778. The van der Waals surface area contributed by atoms with Crippen molar-refractivity contribution in [2.75, 3.05) is 18.4 Å². The third kappa shape index (κ3) is 3.56. The third-order valence-electron chi connectivity index (χ3n) is 4.20. The van der Waals surface area contributed by atoms with Gasteiger partial charge >= 0.3 is 12.0 Å². The van der Waals surface area contributed by atoms with Crippen LogP contribution in [0.15, 0.2) is 29.6 Å². The van der Waals surface area contributed by atoms with Crippen molar-refractivity contribution in [2.45, 2.75) is 19.8 Å². The fourth-order valence-corrected chi connectivity index (χ4v) is 3.44. The molecule has 2 heterocycles. The Morgan fingerprint density at radius 1 is 1.29 bits per heavy atom. The second-order valence-corrected chi connectivity index (χ2v) is 6.89. The van der Waals surface area contributed by atoms with Gasteiger partial charge in [0.05, 0.1) is 22.3 Å². The van der Waals surface area contributed by atoms with E-state index in [1.165, 1.54) is 0 Å². The Labute approximate surface area is 144 Å². The minimum Gasteiger partial charge on any atom is -0.481 e. The first-order valence-electron chi connectivity index (χ1n) is 7.85. The fraction of sp³-hybridized carbons (Fsp3) is 0.353. The summed E-state index contributed by atoms with van der Waals surface area (Å²) in [6, 6.07) is 7.37. The molecule has 0 spiro atoms. The average Bonchev–Trinajstić information content (AvgIpc) is 3.01. The van der Waals surface area contributed by atoms with Gasteiger partial charge in [-0.25, -0.2) is 9.78 Å². The molecule has 0 aliphatic carbocycles. The van der Waals surface area contributed by atoms with E-state index >= 15 is 0 Å². The van der Waals surface area contributed by atoms with Crippen LogP contribution in [0.2, 0.25) is 0 Å². The van der Waals surface area contributed by atoms with Crippen molar-refractivity contribution in [3.05, 3.63) is 34.7 Å². The highest BCUT2D eigenvalue weighted by Gasteiger charge is 2.27. The molecule has 1 aliphatic rings. The Morgan fingerprint density at radius 3 is 2.62 bits per heavy atom. The van der Waals surface area contributed by atoms with Gasteiger partial charge in [0.2, 0.25) is 0 Å². The maximum absolute atomic E-state index is 12.5. The molecule has 0 atom stereocenters. The Morgan fingerprint density at radius 2 is 2.00 bits per heavy atom. The lowest BCUT2D eigenvalue weighted by Gasteiger charge is -2.30. The number of urea groups is 1. The first kappa shape index (κ1) is 16.4. The maximum atomic E-state index is 12.5. The number of carbonyl (C=O) groups is 2. The monoisotopic (exact) mass is 345 g/mol. The van der Waals surface area contributed by atoms with Crippen LogP contribution in [0.4, 0.5) is 10.5 Å². The van der Waals surface area contributed by atoms with Crippen LogP contribution >= 0.6 is 11.3 Å². The Kier molecular flexibility index (Phi) is 4.80. The van der Waals surface area contributed by atoms with Crippen LogP contribution in [0.1, 0.15) is 17.8 Å². The summed E-state index contributed by atoms with van der Waals surface area (Å²) in [5, 5.41) is 14.9. The van der Waals surface area contributed by atoms with Gasteiger partial charge in [-0.3, -0.25) is 4.79 Å². The van der Waals surface area contributed by atoms with Crippen molar-refractivity contribution in [3.8, 4) is 11.3 Å². The van der Waals surface area contributed by atoms with Gasteiger partial charge in [-0.1, -0.05) is 18.2 Å².